The molecule has 20 heavy (non-hydrogen) atoms. The molecule has 1 N–H and O–H groups in total. The fraction of sp³-hybridized carbons (Fsp3) is 0.353. The lowest BCUT2D eigenvalue weighted by molar-refractivity contribution is 0.396. The first-order valence-electron chi connectivity index (χ1n) is 6.92. The maximum absolute atomic E-state index is 5.46. The third kappa shape index (κ3) is 3.36. The van der Waals surface area contributed by atoms with Gasteiger partial charge in [0.1, 0.15) is 5.75 Å². The van der Waals surface area contributed by atoms with Gasteiger partial charge in [0.25, 0.3) is 0 Å². The van der Waals surface area contributed by atoms with Crippen molar-refractivity contribution in [1.29, 1.82) is 0 Å². The van der Waals surface area contributed by atoms with Crippen LogP contribution in [0.3, 0.4) is 0 Å². The minimum Gasteiger partial charge on any atom is -0.496 e. The summed E-state index contributed by atoms with van der Waals surface area (Å²) in [6.07, 6.45) is 3.70. The van der Waals surface area contributed by atoms with E-state index in [-0.39, 0.29) is 12.1 Å². The van der Waals surface area contributed by atoms with Crippen molar-refractivity contribution in [2.45, 2.75) is 32.9 Å². The number of aryl methyl sites for hydroxylation is 1. The minimum atomic E-state index is 0.208. The first kappa shape index (κ1) is 14.5. The highest BCUT2D eigenvalue weighted by Gasteiger charge is 2.15. The Morgan fingerprint density at radius 2 is 1.95 bits per heavy atom. The number of methoxy groups -OCH3 is 1. The van der Waals surface area contributed by atoms with Crippen molar-refractivity contribution in [3.8, 4) is 5.75 Å². The molecule has 0 spiro atoms. The fourth-order valence-corrected chi connectivity index (χ4v) is 2.39. The van der Waals surface area contributed by atoms with Crippen LogP contribution in [0.1, 0.15) is 42.6 Å². The van der Waals surface area contributed by atoms with Gasteiger partial charge in [-0.1, -0.05) is 23.8 Å². The summed E-state index contributed by atoms with van der Waals surface area (Å²) in [5.41, 5.74) is 3.61. The summed E-state index contributed by atoms with van der Waals surface area (Å²) in [4.78, 5) is 4.17. The monoisotopic (exact) mass is 270 g/mol. The van der Waals surface area contributed by atoms with Gasteiger partial charge in [0.05, 0.1) is 7.11 Å². The summed E-state index contributed by atoms with van der Waals surface area (Å²) in [6.45, 7) is 6.40. The quantitative estimate of drug-likeness (QED) is 0.897. The van der Waals surface area contributed by atoms with E-state index in [9.17, 15) is 0 Å². The molecule has 3 heteroatoms. The Bertz CT molecular complexity index is 554. The van der Waals surface area contributed by atoms with Crippen LogP contribution in [0.25, 0.3) is 0 Å². The zero-order valence-electron chi connectivity index (χ0n) is 12.6. The van der Waals surface area contributed by atoms with Gasteiger partial charge in [0, 0.05) is 30.0 Å². The molecule has 0 saturated heterocycles. The normalized spacial score (nSPS) is 13.8. The number of rotatable bonds is 5. The molecule has 2 rings (SSSR count). The predicted molar refractivity (Wildman–Crippen MR) is 81.9 cm³/mol. The second-order valence-electron chi connectivity index (χ2n) is 5.14. The number of ether oxygens (including phenoxy) is 1. The Morgan fingerprint density at radius 3 is 2.60 bits per heavy atom. The molecule has 2 aromatic rings. The highest BCUT2D eigenvalue weighted by atomic mass is 16.5. The Labute approximate surface area is 121 Å². The average Bonchev–Trinajstić information content (AvgIpc) is 2.48. The third-order valence-electron chi connectivity index (χ3n) is 3.54. The van der Waals surface area contributed by atoms with Crippen molar-refractivity contribution in [1.82, 2.24) is 10.3 Å². The van der Waals surface area contributed by atoms with Crippen LogP contribution in [0.4, 0.5) is 0 Å². The number of hydrogen-bond donors (Lipinski definition) is 1. The Hall–Kier alpha value is -1.87. The molecule has 0 aliphatic heterocycles. The van der Waals surface area contributed by atoms with E-state index in [0.29, 0.717) is 0 Å². The lowest BCUT2D eigenvalue weighted by atomic mass is 10.0. The Morgan fingerprint density at radius 1 is 1.15 bits per heavy atom. The molecule has 1 heterocycles. The molecule has 0 bridgehead atoms. The molecular formula is C17H22N2O. The van der Waals surface area contributed by atoms with E-state index in [1.54, 1.807) is 13.3 Å². The van der Waals surface area contributed by atoms with Crippen molar-refractivity contribution in [3.05, 3.63) is 59.4 Å². The molecule has 0 amide bonds. The summed E-state index contributed by atoms with van der Waals surface area (Å²) in [7, 11) is 1.71. The molecule has 1 unspecified atom stereocenters. The van der Waals surface area contributed by atoms with Crippen LogP contribution in [0.2, 0.25) is 0 Å². The van der Waals surface area contributed by atoms with Gasteiger partial charge in [-0.2, -0.15) is 0 Å². The predicted octanol–water partition coefficient (Wildman–Crippen LogP) is 3.81. The van der Waals surface area contributed by atoms with Crippen LogP contribution in [0, 0.1) is 6.92 Å². The maximum Gasteiger partial charge on any atom is 0.123 e. The summed E-state index contributed by atoms with van der Waals surface area (Å²) >= 11 is 0. The second kappa shape index (κ2) is 6.53. The van der Waals surface area contributed by atoms with Gasteiger partial charge in [0.15, 0.2) is 0 Å². The summed E-state index contributed by atoms with van der Waals surface area (Å²) in [5.74, 6) is 0.925. The zero-order valence-corrected chi connectivity index (χ0v) is 12.6. The van der Waals surface area contributed by atoms with Gasteiger partial charge in [-0.05, 0) is 38.5 Å². The van der Waals surface area contributed by atoms with Gasteiger partial charge in [-0.15, -0.1) is 0 Å². The average molecular weight is 270 g/mol. The van der Waals surface area contributed by atoms with Crippen LogP contribution in [0.5, 0.6) is 5.75 Å². The smallest absolute Gasteiger partial charge is 0.123 e. The molecular weight excluding hydrogens is 248 g/mol. The van der Waals surface area contributed by atoms with E-state index in [0.717, 1.165) is 5.75 Å². The molecule has 1 aromatic heterocycles. The van der Waals surface area contributed by atoms with E-state index >= 15 is 0 Å². The maximum atomic E-state index is 5.46. The van der Waals surface area contributed by atoms with E-state index in [1.165, 1.54) is 16.7 Å². The largest absolute Gasteiger partial charge is 0.496 e. The first-order valence-corrected chi connectivity index (χ1v) is 6.92. The molecule has 106 valence electrons. The fourth-order valence-electron chi connectivity index (χ4n) is 2.39. The van der Waals surface area contributed by atoms with Crippen LogP contribution in [-0.4, -0.2) is 12.1 Å². The number of nitrogens with zero attached hydrogens (tertiary/aromatic N) is 1. The number of benzene rings is 1. The topological polar surface area (TPSA) is 34.1 Å². The van der Waals surface area contributed by atoms with E-state index < -0.39 is 0 Å². The number of hydrogen-bond acceptors (Lipinski definition) is 3. The zero-order chi connectivity index (χ0) is 14.5. The standard InChI is InChI=1S/C17H22N2O/c1-12-7-8-17(20-4)16(10-12)14(3)19-13(2)15-6-5-9-18-11-15/h5-11,13-14,19H,1-4H3/t13-,14?/m1/s1. The summed E-state index contributed by atoms with van der Waals surface area (Å²) < 4.78 is 5.46. The van der Waals surface area contributed by atoms with Crippen molar-refractivity contribution in [2.75, 3.05) is 7.11 Å². The Balaban J connectivity index is 2.16. The van der Waals surface area contributed by atoms with Crippen molar-refractivity contribution in [2.24, 2.45) is 0 Å². The molecule has 3 nitrogen and oxygen atoms in total. The first-order chi connectivity index (χ1) is 9.61. The van der Waals surface area contributed by atoms with Crippen LogP contribution < -0.4 is 10.1 Å². The van der Waals surface area contributed by atoms with Gasteiger partial charge >= 0.3 is 0 Å². The molecule has 0 radical (unpaired) electrons. The second-order valence-corrected chi connectivity index (χ2v) is 5.14. The van der Waals surface area contributed by atoms with Crippen molar-refractivity contribution >= 4 is 0 Å². The van der Waals surface area contributed by atoms with Crippen LogP contribution in [0.15, 0.2) is 42.7 Å². The SMILES string of the molecule is COc1ccc(C)cc1C(C)N[C@H](C)c1cccnc1. The molecule has 0 fully saturated rings. The van der Waals surface area contributed by atoms with Crippen LogP contribution in [-0.2, 0) is 0 Å². The number of pyridine rings is 1. The minimum absolute atomic E-state index is 0.208. The molecule has 2 atom stereocenters. The van der Waals surface area contributed by atoms with Gasteiger partial charge in [-0.3, -0.25) is 4.98 Å². The van der Waals surface area contributed by atoms with Crippen LogP contribution >= 0.6 is 0 Å². The van der Waals surface area contributed by atoms with Crippen molar-refractivity contribution in [3.63, 3.8) is 0 Å². The van der Waals surface area contributed by atoms with Gasteiger partial charge in [-0.25, -0.2) is 0 Å². The van der Waals surface area contributed by atoms with Crippen molar-refractivity contribution < 1.29 is 4.74 Å². The lowest BCUT2D eigenvalue weighted by Gasteiger charge is -2.22. The van der Waals surface area contributed by atoms with E-state index in [1.807, 2.05) is 18.3 Å². The summed E-state index contributed by atoms with van der Waals surface area (Å²) in [6, 6.07) is 10.8. The lowest BCUT2D eigenvalue weighted by Crippen LogP contribution is -2.23. The van der Waals surface area contributed by atoms with E-state index in [2.05, 4.69) is 49.3 Å². The molecule has 0 saturated carbocycles. The third-order valence-corrected chi connectivity index (χ3v) is 3.54. The summed E-state index contributed by atoms with van der Waals surface area (Å²) in [5, 5.41) is 3.59. The number of nitrogens with one attached hydrogen (secondary N) is 1. The number of aromatic nitrogens is 1. The van der Waals surface area contributed by atoms with Gasteiger partial charge < -0.3 is 10.1 Å². The Kier molecular flexibility index (Phi) is 4.74. The van der Waals surface area contributed by atoms with E-state index in [4.69, 9.17) is 4.74 Å². The molecule has 0 aliphatic rings. The highest BCUT2D eigenvalue weighted by Crippen LogP contribution is 2.28. The highest BCUT2D eigenvalue weighted by molar-refractivity contribution is 5.39. The molecule has 1 aromatic carbocycles. The molecule has 0 aliphatic carbocycles. The van der Waals surface area contributed by atoms with Gasteiger partial charge in [0.2, 0.25) is 0 Å².